The van der Waals surface area contributed by atoms with Crippen molar-refractivity contribution in [3.63, 3.8) is 0 Å². The molecule has 3 aromatic rings. The van der Waals surface area contributed by atoms with E-state index in [2.05, 4.69) is 10.3 Å². The molecule has 3 heterocycles. The van der Waals surface area contributed by atoms with Gasteiger partial charge in [-0.1, -0.05) is 13.8 Å². The second kappa shape index (κ2) is 7.90. The molecular formula is C19H22N2O4. The van der Waals surface area contributed by atoms with Crippen molar-refractivity contribution in [1.82, 2.24) is 4.98 Å². The molecule has 132 valence electrons. The standard InChI is InChI=1S/C17H16N2O4.C2H6/c1-2-20-9-16-17(12-5-6-18-8-15(12)23-16)19-11-3-4-13-14(7-11)22-10-21-13;1-2/h3-8,19H,2,9-10H2,1H3;1-2H3. The molecule has 0 atom stereocenters. The summed E-state index contributed by atoms with van der Waals surface area (Å²) >= 11 is 0. The van der Waals surface area contributed by atoms with Gasteiger partial charge in [0.05, 0.1) is 11.9 Å². The van der Waals surface area contributed by atoms with Crippen LogP contribution in [0.15, 0.2) is 41.1 Å². The number of hydrogen-bond acceptors (Lipinski definition) is 6. The summed E-state index contributed by atoms with van der Waals surface area (Å²) in [5.74, 6) is 2.23. The molecule has 6 nitrogen and oxygen atoms in total. The lowest BCUT2D eigenvalue weighted by Gasteiger charge is -2.08. The van der Waals surface area contributed by atoms with Crippen LogP contribution in [0.1, 0.15) is 26.5 Å². The average Bonchev–Trinajstić information content (AvgIpc) is 3.26. The Morgan fingerprint density at radius 2 is 2.00 bits per heavy atom. The number of pyridine rings is 1. The maximum absolute atomic E-state index is 5.86. The van der Waals surface area contributed by atoms with Crippen molar-refractivity contribution in [3.05, 3.63) is 42.4 Å². The van der Waals surface area contributed by atoms with Crippen molar-refractivity contribution < 1.29 is 18.6 Å². The second-order valence-corrected chi connectivity index (χ2v) is 5.10. The fourth-order valence-corrected chi connectivity index (χ4v) is 2.55. The SMILES string of the molecule is CC.CCOCc1oc2cnccc2c1Nc1ccc2c(c1)OCO2. The van der Waals surface area contributed by atoms with Crippen LogP contribution in [-0.2, 0) is 11.3 Å². The van der Waals surface area contributed by atoms with Crippen molar-refractivity contribution >= 4 is 22.3 Å². The number of nitrogens with zero attached hydrogens (tertiary/aromatic N) is 1. The van der Waals surface area contributed by atoms with Crippen molar-refractivity contribution in [3.8, 4) is 11.5 Å². The van der Waals surface area contributed by atoms with Gasteiger partial charge in [-0.05, 0) is 25.1 Å². The number of nitrogens with one attached hydrogen (secondary N) is 1. The van der Waals surface area contributed by atoms with Gasteiger partial charge in [-0.15, -0.1) is 0 Å². The highest BCUT2D eigenvalue weighted by Gasteiger charge is 2.17. The second-order valence-electron chi connectivity index (χ2n) is 5.10. The average molecular weight is 342 g/mol. The highest BCUT2D eigenvalue weighted by atomic mass is 16.7. The molecule has 2 aromatic heterocycles. The maximum Gasteiger partial charge on any atom is 0.231 e. The third-order valence-electron chi connectivity index (χ3n) is 3.65. The molecule has 1 aliphatic heterocycles. The molecule has 1 N–H and O–H groups in total. The molecule has 0 fully saturated rings. The quantitative estimate of drug-likeness (QED) is 0.714. The molecule has 0 unspecified atom stereocenters. The van der Waals surface area contributed by atoms with Gasteiger partial charge in [-0.2, -0.15) is 0 Å². The molecule has 4 rings (SSSR count). The van der Waals surface area contributed by atoms with E-state index in [1.165, 1.54) is 0 Å². The van der Waals surface area contributed by atoms with Gasteiger partial charge in [-0.25, -0.2) is 0 Å². The lowest BCUT2D eigenvalue weighted by atomic mass is 10.2. The van der Waals surface area contributed by atoms with Gasteiger partial charge >= 0.3 is 0 Å². The van der Waals surface area contributed by atoms with Crippen LogP contribution in [0.25, 0.3) is 11.0 Å². The molecule has 0 bridgehead atoms. The van der Waals surface area contributed by atoms with Crippen LogP contribution >= 0.6 is 0 Å². The van der Waals surface area contributed by atoms with Gasteiger partial charge in [-0.3, -0.25) is 4.98 Å². The molecule has 0 saturated heterocycles. The van der Waals surface area contributed by atoms with Crippen molar-refractivity contribution in [2.75, 3.05) is 18.7 Å². The van der Waals surface area contributed by atoms with E-state index in [0.717, 1.165) is 39.6 Å². The lowest BCUT2D eigenvalue weighted by Crippen LogP contribution is -1.96. The summed E-state index contributed by atoms with van der Waals surface area (Å²) in [5.41, 5.74) is 2.51. The summed E-state index contributed by atoms with van der Waals surface area (Å²) in [6.07, 6.45) is 3.45. The molecule has 1 aromatic carbocycles. The van der Waals surface area contributed by atoms with E-state index in [4.69, 9.17) is 18.6 Å². The van der Waals surface area contributed by atoms with Crippen molar-refractivity contribution in [2.45, 2.75) is 27.4 Å². The number of hydrogen-bond donors (Lipinski definition) is 1. The van der Waals surface area contributed by atoms with E-state index >= 15 is 0 Å². The fraction of sp³-hybridized carbons (Fsp3) is 0.316. The summed E-state index contributed by atoms with van der Waals surface area (Å²) in [6.45, 7) is 7.24. The number of benzene rings is 1. The maximum atomic E-state index is 5.86. The van der Waals surface area contributed by atoms with Crippen LogP contribution in [-0.4, -0.2) is 18.4 Å². The Labute approximate surface area is 146 Å². The minimum absolute atomic E-state index is 0.259. The highest BCUT2D eigenvalue weighted by Crippen LogP contribution is 2.38. The summed E-state index contributed by atoms with van der Waals surface area (Å²) in [6, 6.07) is 7.66. The predicted octanol–water partition coefficient (Wildman–Crippen LogP) is 4.86. The molecule has 6 heteroatoms. The van der Waals surface area contributed by atoms with E-state index in [-0.39, 0.29) is 6.79 Å². The summed E-state index contributed by atoms with van der Waals surface area (Å²) < 4.78 is 22.1. The van der Waals surface area contributed by atoms with Gasteiger partial charge in [0.15, 0.2) is 22.8 Å². The number of furan rings is 1. The summed E-state index contributed by atoms with van der Waals surface area (Å²) in [4.78, 5) is 4.10. The first-order valence-corrected chi connectivity index (χ1v) is 8.45. The van der Waals surface area contributed by atoms with Gasteiger partial charge < -0.3 is 23.9 Å². The number of fused-ring (bicyclic) bond motifs is 2. The van der Waals surface area contributed by atoms with E-state index < -0.39 is 0 Å². The monoisotopic (exact) mass is 342 g/mol. The Morgan fingerprint density at radius 3 is 2.84 bits per heavy atom. The van der Waals surface area contributed by atoms with Gasteiger partial charge in [0.1, 0.15) is 6.61 Å². The molecule has 25 heavy (non-hydrogen) atoms. The Hall–Kier alpha value is -2.73. The van der Waals surface area contributed by atoms with Gasteiger partial charge in [0.25, 0.3) is 0 Å². The first-order chi connectivity index (χ1) is 12.3. The van der Waals surface area contributed by atoms with Crippen molar-refractivity contribution in [2.24, 2.45) is 0 Å². The lowest BCUT2D eigenvalue weighted by molar-refractivity contribution is 0.120. The van der Waals surface area contributed by atoms with Gasteiger partial charge in [0.2, 0.25) is 6.79 Å². The normalized spacial score (nSPS) is 12.0. The molecule has 0 saturated carbocycles. The smallest absolute Gasteiger partial charge is 0.231 e. The van der Waals surface area contributed by atoms with Crippen LogP contribution in [0, 0.1) is 0 Å². The molecule has 0 radical (unpaired) electrons. The van der Waals surface area contributed by atoms with Crippen LogP contribution in [0.2, 0.25) is 0 Å². The Balaban J connectivity index is 0.000000880. The zero-order valence-corrected chi connectivity index (χ0v) is 14.7. The molecule has 0 amide bonds. The molecule has 1 aliphatic rings. The minimum Gasteiger partial charge on any atom is -0.455 e. The summed E-state index contributed by atoms with van der Waals surface area (Å²) in [7, 11) is 0. The number of rotatable bonds is 5. The molecular weight excluding hydrogens is 320 g/mol. The number of anilines is 2. The topological polar surface area (TPSA) is 65.8 Å². The van der Waals surface area contributed by atoms with Gasteiger partial charge in [0, 0.05) is 29.9 Å². The fourth-order valence-electron chi connectivity index (χ4n) is 2.55. The van der Waals surface area contributed by atoms with Crippen LogP contribution in [0.3, 0.4) is 0 Å². The van der Waals surface area contributed by atoms with Crippen LogP contribution in [0.4, 0.5) is 11.4 Å². The Morgan fingerprint density at radius 1 is 1.16 bits per heavy atom. The Kier molecular flexibility index (Phi) is 5.40. The van der Waals surface area contributed by atoms with Crippen molar-refractivity contribution in [1.29, 1.82) is 0 Å². The Bertz CT molecular complexity index is 845. The largest absolute Gasteiger partial charge is 0.455 e. The first kappa shape index (κ1) is 17.1. The van der Waals surface area contributed by atoms with E-state index in [9.17, 15) is 0 Å². The zero-order valence-electron chi connectivity index (χ0n) is 14.7. The highest BCUT2D eigenvalue weighted by molar-refractivity contribution is 5.93. The number of ether oxygens (including phenoxy) is 3. The van der Waals surface area contributed by atoms with E-state index in [1.807, 2.05) is 45.0 Å². The van der Waals surface area contributed by atoms with E-state index in [0.29, 0.717) is 13.2 Å². The first-order valence-electron chi connectivity index (χ1n) is 8.45. The minimum atomic E-state index is 0.259. The predicted molar refractivity (Wildman–Crippen MR) is 96.5 cm³/mol. The molecule has 0 aliphatic carbocycles. The third kappa shape index (κ3) is 3.53. The molecule has 0 spiro atoms. The van der Waals surface area contributed by atoms with Crippen LogP contribution in [0.5, 0.6) is 11.5 Å². The van der Waals surface area contributed by atoms with Crippen LogP contribution < -0.4 is 14.8 Å². The number of aromatic nitrogens is 1. The third-order valence-corrected chi connectivity index (χ3v) is 3.65. The summed E-state index contributed by atoms with van der Waals surface area (Å²) in [5, 5.41) is 4.36. The zero-order chi connectivity index (χ0) is 17.6. The van der Waals surface area contributed by atoms with E-state index in [1.54, 1.807) is 12.4 Å².